The van der Waals surface area contributed by atoms with Gasteiger partial charge in [-0.25, -0.2) is 0 Å². The van der Waals surface area contributed by atoms with E-state index in [2.05, 4.69) is 5.32 Å². The predicted octanol–water partition coefficient (Wildman–Crippen LogP) is 3.67. The van der Waals surface area contributed by atoms with Crippen molar-refractivity contribution in [3.05, 3.63) is 64.2 Å². The van der Waals surface area contributed by atoms with Crippen LogP contribution in [-0.4, -0.2) is 17.2 Å². The molecule has 2 aromatic carbocycles. The average Bonchev–Trinajstić information content (AvgIpc) is 2.52. The third kappa shape index (κ3) is 4.23. The Morgan fingerprint density at radius 2 is 2.00 bits per heavy atom. The molecule has 0 bridgehead atoms. The Morgan fingerprint density at radius 1 is 1.24 bits per heavy atom. The van der Waals surface area contributed by atoms with Gasteiger partial charge in [0, 0.05) is 23.3 Å². The van der Waals surface area contributed by atoms with Crippen LogP contribution in [0.25, 0.3) is 0 Å². The highest BCUT2D eigenvalue weighted by Gasteiger charge is 2.14. The number of anilines is 1. The van der Waals surface area contributed by atoms with Crippen LogP contribution in [-0.2, 0) is 0 Å². The van der Waals surface area contributed by atoms with Crippen molar-refractivity contribution in [2.45, 2.75) is 4.90 Å². The molecule has 0 aromatic heterocycles. The second-order valence-corrected chi connectivity index (χ2v) is 5.36. The van der Waals surface area contributed by atoms with E-state index in [0.717, 1.165) is 10.6 Å². The van der Waals surface area contributed by atoms with Crippen molar-refractivity contribution in [1.82, 2.24) is 0 Å². The number of nitrogens with zero attached hydrogens (tertiary/aromatic N) is 2. The van der Waals surface area contributed by atoms with Gasteiger partial charge in [0.1, 0.15) is 5.69 Å². The summed E-state index contributed by atoms with van der Waals surface area (Å²) in [6.07, 6.45) is 0. The molecule has 0 radical (unpaired) electrons. The lowest BCUT2D eigenvalue weighted by atomic mass is 10.2. The van der Waals surface area contributed by atoms with E-state index < -0.39 is 4.92 Å². The molecule has 21 heavy (non-hydrogen) atoms. The Hall–Kier alpha value is -2.52. The van der Waals surface area contributed by atoms with Gasteiger partial charge in [-0.15, -0.1) is 11.8 Å². The van der Waals surface area contributed by atoms with Crippen LogP contribution in [0.2, 0.25) is 0 Å². The van der Waals surface area contributed by atoms with E-state index in [9.17, 15) is 10.1 Å². The van der Waals surface area contributed by atoms with Crippen LogP contribution in [0.4, 0.5) is 11.4 Å². The quantitative estimate of drug-likeness (QED) is 0.381. The van der Waals surface area contributed by atoms with Gasteiger partial charge in [-0.1, -0.05) is 18.2 Å². The number of nitrogens with one attached hydrogen (secondary N) is 1. The summed E-state index contributed by atoms with van der Waals surface area (Å²) >= 11 is 1.68. The first kappa shape index (κ1) is 14.9. The molecule has 0 atom stereocenters. The van der Waals surface area contributed by atoms with Crippen LogP contribution in [0, 0.1) is 21.4 Å². The topological polar surface area (TPSA) is 79.0 Å². The maximum absolute atomic E-state index is 11.0. The number of hydrogen-bond acceptors (Lipinski definition) is 5. The maximum Gasteiger partial charge on any atom is 0.293 e. The number of nitriles is 1. The number of nitro groups is 1. The van der Waals surface area contributed by atoms with Crippen LogP contribution in [0.15, 0.2) is 53.4 Å². The molecule has 0 amide bonds. The van der Waals surface area contributed by atoms with Crippen molar-refractivity contribution in [3.8, 4) is 6.07 Å². The molecule has 2 aromatic rings. The monoisotopic (exact) mass is 299 g/mol. The molecule has 0 unspecified atom stereocenters. The zero-order valence-electron chi connectivity index (χ0n) is 11.2. The van der Waals surface area contributed by atoms with E-state index in [4.69, 9.17) is 5.26 Å². The van der Waals surface area contributed by atoms with Crippen molar-refractivity contribution in [3.63, 3.8) is 0 Å². The number of nitro benzene ring substituents is 1. The van der Waals surface area contributed by atoms with Gasteiger partial charge >= 0.3 is 0 Å². The molecule has 2 rings (SSSR count). The summed E-state index contributed by atoms with van der Waals surface area (Å²) in [5.41, 5.74) is 0.650. The van der Waals surface area contributed by atoms with Gasteiger partial charge in [0.2, 0.25) is 0 Å². The minimum Gasteiger partial charge on any atom is -0.379 e. The van der Waals surface area contributed by atoms with Crippen LogP contribution >= 0.6 is 11.8 Å². The van der Waals surface area contributed by atoms with Crippen LogP contribution in [0.1, 0.15) is 5.56 Å². The molecule has 0 spiro atoms. The number of thioether (sulfide) groups is 1. The normalized spacial score (nSPS) is 9.86. The van der Waals surface area contributed by atoms with E-state index in [1.165, 1.54) is 6.07 Å². The molecule has 6 heteroatoms. The van der Waals surface area contributed by atoms with Crippen molar-refractivity contribution >= 4 is 23.1 Å². The second-order valence-electron chi connectivity index (χ2n) is 4.19. The summed E-state index contributed by atoms with van der Waals surface area (Å²) < 4.78 is 0. The van der Waals surface area contributed by atoms with Crippen LogP contribution in [0.3, 0.4) is 0 Å². The van der Waals surface area contributed by atoms with Gasteiger partial charge in [0.25, 0.3) is 5.69 Å². The Balaban J connectivity index is 1.94. The lowest BCUT2D eigenvalue weighted by molar-refractivity contribution is -0.384. The molecule has 0 aliphatic carbocycles. The van der Waals surface area contributed by atoms with E-state index in [1.807, 2.05) is 36.4 Å². The first-order valence-electron chi connectivity index (χ1n) is 6.31. The molecule has 0 aliphatic rings. The van der Waals surface area contributed by atoms with Crippen LogP contribution < -0.4 is 5.32 Å². The van der Waals surface area contributed by atoms with Crippen molar-refractivity contribution in [2.75, 3.05) is 17.6 Å². The summed E-state index contributed by atoms with van der Waals surface area (Å²) in [4.78, 5) is 11.7. The molecular weight excluding hydrogens is 286 g/mol. The smallest absolute Gasteiger partial charge is 0.293 e. The fourth-order valence-corrected chi connectivity index (χ4v) is 2.56. The Bertz CT molecular complexity index is 668. The van der Waals surface area contributed by atoms with Gasteiger partial charge in [-0.2, -0.15) is 5.26 Å². The molecule has 106 valence electrons. The Kier molecular flexibility index (Phi) is 5.18. The lowest BCUT2D eigenvalue weighted by Crippen LogP contribution is -2.06. The highest BCUT2D eigenvalue weighted by Crippen LogP contribution is 2.25. The zero-order valence-corrected chi connectivity index (χ0v) is 12.0. The van der Waals surface area contributed by atoms with Crippen molar-refractivity contribution in [2.24, 2.45) is 0 Å². The minimum atomic E-state index is -0.479. The number of benzene rings is 2. The van der Waals surface area contributed by atoms with Gasteiger partial charge in [-0.3, -0.25) is 10.1 Å². The van der Waals surface area contributed by atoms with Crippen molar-refractivity contribution < 1.29 is 4.92 Å². The van der Waals surface area contributed by atoms with Gasteiger partial charge in [0.05, 0.1) is 16.6 Å². The summed E-state index contributed by atoms with van der Waals surface area (Å²) in [6.45, 7) is 0.603. The lowest BCUT2D eigenvalue weighted by Gasteiger charge is -2.07. The SMILES string of the molecule is N#Cc1ccc(NCCSc2ccccc2)c([N+](=O)[O-])c1. The summed E-state index contributed by atoms with van der Waals surface area (Å²) in [7, 11) is 0. The van der Waals surface area contributed by atoms with Gasteiger partial charge < -0.3 is 5.32 Å². The molecule has 1 N–H and O–H groups in total. The highest BCUT2D eigenvalue weighted by atomic mass is 32.2. The van der Waals surface area contributed by atoms with E-state index in [0.29, 0.717) is 12.2 Å². The first-order chi connectivity index (χ1) is 10.2. The molecule has 0 fully saturated rings. The number of rotatable bonds is 6. The molecule has 5 nitrogen and oxygen atoms in total. The third-order valence-electron chi connectivity index (χ3n) is 2.75. The fraction of sp³-hybridized carbons (Fsp3) is 0.133. The first-order valence-corrected chi connectivity index (χ1v) is 7.29. The van der Waals surface area contributed by atoms with Gasteiger partial charge in [-0.05, 0) is 24.3 Å². The second kappa shape index (κ2) is 7.31. The molecule has 0 heterocycles. The maximum atomic E-state index is 11.0. The van der Waals surface area contributed by atoms with Crippen LogP contribution in [0.5, 0.6) is 0 Å². The third-order valence-corrected chi connectivity index (χ3v) is 3.77. The summed E-state index contributed by atoms with van der Waals surface area (Å²) in [5, 5.41) is 22.8. The predicted molar refractivity (Wildman–Crippen MR) is 83.5 cm³/mol. The molecule has 0 aliphatic heterocycles. The highest BCUT2D eigenvalue weighted by molar-refractivity contribution is 7.99. The Labute approximate surface area is 126 Å². The van der Waals surface area contributed by atoms with E-state index in [1.54, 1.807) is 23.9 Å². The number of hydrogen-bond donors (Lipinski definition) is 1. The molecule has 0 saturated carbocycles. The Morgan fingerprint density at radius 3 is 2.67 bits per heavy atom. The summed E-state index contributed by atoms with van der Waals surface area (Å²) in [5.74, 6) is 0.793. The molecule has 0 saturated heterocycles. The zero-order chi connectivity index (χ0) is 15.1. The fourth-order valence-electron chi connectivity index (χ4n) is 1.77. The van der Waals surface area contributed by atoms with E-state index >= 15 is 0 Å². The molecular formula is C15H13N3O2S. The van der Waals surface area contributed by atoms with Crippen molar-refractivity contribution in [1.29, 1.82) is 5.26 Å². The average molecular weight is 299 g/mol. The summed E-state index contributed by atoms with van der Waals surface area (Å²) in [6, 6.07) is 16.3. The van der Waals surface area contributed by atoms with E-state index in [-0.39, 0.29) is 11.3 Å². The van der Waals surface area contributed by atoms with Gasteiger partial charge in [0.15, 0.2) is 0 Å². The largest absolute Gasteiger partial charge is 0.379 e. The minimum absolute atomic E-state index is 0.0706. The standard InChI is InChI=1S/C15H13N3O2S/c16-11-12-6-7-14(15(10-12)18(19)20)17-8-9-21-13-4-2-1-3-5-13/h1-7,10,17H,8-9H2.